The van der Waals surface area contributed by atoms with Crippen molar-refractivity contribution in [2.24, 2.45) is 5.92 Å². The van der Waals surface area contributed by atoms with Crippen LogP contribution in [0.3, 0.4) is 0 Å². The molecule has 100 valence electrons. The first-order chi connectivity index (χ1) is 8.05. The Balaban J connectivity index is 1.73. The van der Waals surface area contributed by atoms with Crippen LogP contribution in [-0.4, -0.2) is 31.5 Å². The zero-order valence-electron chi connectivity index (χ0n) is 9.93. The molecule has 0 spiro atoms. The molecule has 17 heavy (non-hydrogen) atoms. The second-order valence-electron chi connectivity index (χ2n) is 5.13. The van der Waals surface area contributed by atoms with Gasteiger partial charge in [-0.2, -0.15) is 13.2 Å². The summed E-state index contributed by atoms with van der Waals surface area (Å²) < 4.78 is 43.3. The average molecular weight is 251 g/mol. The van der Waals surface area contributed by atoms with Gasteiger partial charge in [0.1, 0.15) is 0 Å². The summed E-state index contributed by atoms with van der Waals surface area (Å²) in [5.41, 5.74) is 0. The number of hydrogen-bond donors (Lipinski definition) is 1. The molecule has 2 heterocycles. The maximum absolute atomic E-state index is 12.6. The van der Waals surface area contributed by atoms with Gasteiger partial charge in [0.05, 0.1) is 12.0 Å². The molecule has 2 nitrogen and oxygen atoms in total. The summed E-state index contributed by atoms with van der Waals surface area (Å²) in [7, 11) is 0. The summed E-state index contributed by atoms with van der Waals surface area (Å²) in [6, 6.07) is 0.0135. The van der Waals surface area contributed by atoms with E-state index in [-0.39, 0.29) is 25.0 Å². The second-order valence-corrected chi connectivity index (χ2v) is 5.13. The fraction of sp³-hybridized carbons (Fsp3) is 1.00. The van der Waals surface area contributed by atoms with E-state index < -0.39 is 12.1 Å². The lowest BCUT2D eigenvalue weighted by molar-refractivity contribution is -0.183. The molecule has 3 unspecified atom stereocenters. The normalized spacial score (nSPS) is 35.1. The molecule has 1 N–H and O–H groups in total. The Hall–Kier alpha value is -0.290. The van der Waals surface area contributed by atoms with Gasteiger partial charge < -0.3 is 10.1 Å². The lowest BCUT2D eigenvalue weighted by atomic mass is 9.89. The molecule has 2 aliphatic rings. The van der Waals surface area contributed by atoms with E-state index in [0.717, 1.165) is 32.3 Å². The SMILES string of the molecule is FC(F)(F)C1CCNC(CCC2CCCO2)C1. The third kappa shape index (κ3) is 3.85. The Kier molecular flexibility index (Phi) is 4.31. The first-order valence-corrected chi connectivity index (χ1v) is 6.47. The third-order valence-electron chi connectivity index (χ3n) is 3.82. The molecule has 2 aliphatic heterocycles. The molecule has 0 aromatic carbocycles. The van der Waals surface area contributed by atoms with Crippen LogP contribution in [0.2, 0.25) is 0 Å². The van der Waals surface area contributed by atoms with E-state index in [1.165, 1.54) is 0 Å². The monoisotopic (exact) mass is 251 g/mol. The van der Waals surface area contributed by atoms with Crippen LogP contribution in [0.1, 0.15) is 38.5 Å². The number of ether oxygens (including phenoxy) is 1. The van der Waals surface area contributed by atoms with Crippen molar-refractivity contribution < 1.29 is 17.9 Å². The number of rotatable bonds is 3. The first-order valence-electron chi connectivity index (χ1n) is 6.47. The van der Waals surface area contributed by atoms with Gasteiger partial charge >= 0.3 is 6.18 Å². The minimum Gasteiger partial charge on any atom is -0.378 e. The fourth-order valence-electron chi connectivity index (χ4n) is 2.78. The summed E-state index contributed by atoms with van der Waals surface area (Å²) in [5, 5.41) is 3.19. The van der Waals surface area contributed by atoms with Crippen molar-refractivity contribution in [3.05, 3.63) is 0 Å². The molecule has 0 aromatic heterocycles. The summed E-state index contributed by atoms with van der Waals surface area (Å²) in [6.07, 6.45) is 0.562. The van der Waals surface area contributed by atoms with Crippen molar-refractivity contribution in [3.63, 3.8) is 0 Å². The van der Waals surface area contributed by atoms with Crippen molar-refractivity contribution in [1.82, 2.24) is 5.32 Å². The van der Waals surface area contributed by atoms with Crippen LogP contribution in [-0.2, 0) is 4.74 Å². The maximum Gasteiger partial charge on any atom is 0.391 e. The average Bonchev–Trinajstić information content (AvgIpc) is 2.78. The fourth-order valence-corrected chi connectivity index (χ4v) is 2.78. The van der Waals surface area contributed by atoms with Gasteiger partial charge in [-0.05, 0) is 45.1 Å². The highest BCUT2D eigenvalue weighted by Gasteiger charge is 2.42. The van der Waals surface area contributed by atoms with Gasteiger partial charge in [-0.15, -0.1) is 0 Å². The minimum absolute atomic E-state index is 0.0135. The van der Waals surface area contributed by atoms with Crippen molar-refractivity contribution in [1.29, 1.82) is 0 Å². The predicted molar refractivity (Wildman–Crippen MR) is 58.8 cm³/mol. The smallest absolute Gasteiger partial charge is 0.378 e. The number of nitrogens with one attached hydrogen (secondary N) is 1. The summed E-state index contributed by atoms with van der Waals surface area (Å²) >= 11 is 0. The summed E-state index contributed by atoms with van der Waals surface area (Å²) in [4.78, 5) is 0. The van der Waals surface area contributed by atoms with Crippen LogP contribution in [0.15, 0.2) is 0 Å². The predicted octanol–water partition coefficient (Wildman–Crippen LogP) is 2.88. The topological polar surface area (TPSA) is 21.3 Å². The first kappa shape index (κ1) is 13.1. The van der Waals surface area contributed by atoms with Crippen LogP contribution in [0.4, 0.5) is 13.2 Å². The van der Waals surface area contributed by atoms with Crippen LogP contribution < -0.4 is 5.32 Å². The van der Waals surface area contributed by atoms with E-state index >= 15 is 0 Å². The van der Waals surface area contributed by atoms with Crippen LogP contribution in [0.5, 0.6) is 0 Å². The molecular formula is C12H20F3NO. The molecule has 0 amide bonds. The van der Waals surface area contributed by atoms with Crippen molar-refractivity contribution in [2.75, 3.05) is 13.2 Å². The van der Waals surface area contributed by atoms with Crippen molar-refractivity contribution in [3.8, 4) is 0 Å². The summed E-state index contributed by atoms with van der Waals surface area (Å²) in [5.74, 6) is -1.11. The molecule has 0 saturated carbocycles. The summed E-state index contributed by atoms with van der Waals surface area (Å²) in [6.45, 7) is 1.30. The second kappa shape index (κ2) is 5.57. The highest BCUT2D eigenvalue weighted by Crippen LogP contribution is 2.35. The number of alkyl halides is 3. The molecule has 0 bridgehead atoms. The molecule has 2 rings (SSSR count). The Morgan fingerprint density at radius 1 is 1.18 bits per heavy atom. The Morgan fingerprint density at radius 3 is 2.65 bits per heavy atom. The zero-order valence-corrected chi connectivity index (χ0v) is 9.93. The van der Waals surface area contributed by atoms with Crippen LogP contribution in [0.25, 0.3) is 0 Å². The number of halogens is 3. The van der Waals surface area contributed by atoms with Crippen LogP contribution >= 0.6 is 0 Å². The van der Waals surface area contributed by atoms with Gasteiger partial charge in [0.2, 0.25) is 0 Å². The molecule has 2 fully saturated rings. The lowest BCUT2D eigenvalue weighted by Crippen LogP contribution is -2.43. The van der Waals surface area contributed by atoms with E-state index in [4.69, 9.17) is 4.74 Å². The molecule has 0 aromatic rings. The van der Waals surface area contributed by atoms with Crippen molar-refractivity contribution >= 4 is 0 Å². The number of piperidine rings is 1. The molecule has 5 heteroatoms. The Labute approximate surface area is 99.9 Å². The molecule has 0 aliphatic carbocycles. The quantitative estimate of drug-likeness (QED) is 0.832. The maximum atomic E-state index is 12.6. The van der Waals surface area contributed by atoms with Gasteiger partial charge in [0, 0.05) is 12.6 Å². The van der Waals surface area contributed by atoms with E-state index in [1.807, 2.05) is 0 Å². The van der Waals surface area contributed by atoms with E-state index in [1.54, 1.807) is 0 Å². The molecule has 3 atom stereocenters. The highest BCUT2D eigenvalue weighted by atomic mass is 19.4. The number of hydrogen-bond acceptors (Lipinski definition) is 2. The Bertz CT molecular complexity index is 238. The van der Waals surface area contributed by atoms with E-state index in [0.29, 0.717) is 6.54 Å². The lowest BCUT2D eigenvalue weighted by Gasteiger charge is -2.32. The van der Waals surface area contributed by atoms with Crippen molar-refractivity contribution in [2.45, 2.75) is 56.8 Å². The minimum atomic E-state index is -4.02. The molecule has 2 saturated heterocycles. The highest BCUT2D eigenvalue weighted by molar-refractivity contribution is 4.83. The zero-order chi connectivity index (χ0) is 12.3. The largest absolute Gasteiger partial charge is 0.391 e. The van der Waals surface area contributed by atoms with Crippen LogP contribution in [0, 0.1) is 5.92 Å². The van der Waals surface area contributed by atoms with Gasteiger partial charge in [0.15, 0.2) is 0 Å². The van der Waals surface area contributed by atoms with E-state index in [2.05, 4.69) is 5.32 Å². The third-order valence-corrected chi connectivity index (χ3v) is 3.82. The molecule has 0 radical (unpaired) electrons. The van der Waals surface area contributed by atoms with Gasteiger partial charge in [0.25, 0.3) is 0 Å². The Morgan fingerprint density at radius 2 is 2.00 bits per heavy atom. The standard InChI is InChI=1S/C12H20F3NO/c13-12(14,15)9-5-6-16-10(8-9)3-4-11-2-1-7-17-11/h9-11,16H,1-8H2. The molecular weight excluding hydrogens is 231 g/mol. The van der Waals surface area contributed by atoms with Gasteiger partial charge in [-0.1, -0.05) is 0 Å². The van der Waals surface area contributed by atoms with Gasteiger partial charge in [-0.3, -0.25) is 0 Å². The van der Waals surface area contributed by atoms with E-state index in [9.17, 15) is 13.2 Å². The van der Waals surface area contributed by atoms with Gasteiger partial charge in [-0.25, -0.2) is 0 Å².